The maximum absolute atomic E-state index is 12.3. The molecule has 142 valence electrons. The fourth-order valence-corrected chi connectivity index (χ4v) is 2.84. The van der Waals surface area contributed by atoms with E-state index in [4.69, 9.17) is 0 Å². The van der Waals surface area contributed by atoms with Crippen LogP contribution in [0.4, 0.5) is 5.69 Å². The van der Waals surface area contributed by atoms with Gasteiger partial charge in [0.05, 0.1) is 11.5 Å². The molecule has 28 heavy (non-hydrogen) atoms. The molecule has 0 fully saturated rings. The average Bonchev–Trinajstić information content (AvgIpc) is 2.73. The Morgan fingerprint density at radius 3 is 2.11 bits per heavy atom. The number of hydrogen-bond acceptors (Lipinski definition) is 4. The number of hydrogen-bond donors (Lipinski definition) is 2. The van der Waals surface area contributed by atoms with Crippen LogP contribution in [0, 0.1) is 10.1 Å². The quantitative estimate of drug-likeness (QED) is 0.504. The molecule has 6 heteroatoms. The Labute approximate surface area is 162 Å². The van der Waals surface area contributed by atoms with Crippen LogP contribution in [0.5, 0.6) is 0 Å². The summed E-state index contributed by atoms with van der Waals surface area (Å²) in [6, 6.07) is 22.7. The topological polar surface area (TPSA) is 92.5 Å². The first-order chi connectivity index (χ1) is 13.4. The fraction of sp³-hybridized carbons (Fsp3) is 0.136. The highest BCUT2D eigenvalue weighted by molar-refractivity contribution is 5.94. The molecule has 6 nitrogen and oxygen atoms in total. The molecular formula is C22H20N2O4. The number of rotatable bonds is 6. The number of non-ortho nitro benzene ring substituents is 1. The molecule has 3 aromatic rings. The standard InChI is InChI=1S/C22H20N2O4/c1-22(26,15-23-21(25)18-9-13-20(14-10-18)24(27)28)19-11-7-17(8-12-19)16-5-3-2-4-6-16/h2-14,26H,15H2,1H3,(H,23,25). The monoisotopic (exact) mass is 376 g/mol. The first-order valence-corrected chi connectivity index (χ1v) is 8.78. The van der Waals surface area contributed by atoms with Crippen molar-refractivity contribution in [3.8, 4) is 11.1 Å². The molecular weight excluding hydrogens is 356 g/mol. The summed E-state index contributed by atoms with van der Waals surface area (Å²) in [6.07, 6.45) is 0. The highest BCUT2D eigenvalue weighted by Crippen LogP contribution is 2.25. The second-order valence-corrected chi connectivity index (χ2v) is 6.70. The predicted molar refractivity (Wildman–Crippen MR) is 107 cm³/mol. The Morgan fingerprint density at radius 1 is 0.964 bits per heavy atom. The minimum absolute atomic E-state index is 0.00744. The molecule has 0 aromatic heterocycles. The van der Waals surface area contributed by atoms with Crippen molar-refractivity contribution in [2.45, 2.75) is 12.5 Å². The van der Waals surface area contributed by atoms with Crippen LogP contribution in [0.1, 0.15) is 22.8 Å². The van der Waals surface area contributed by atoms with Gasteiger partial charge in [-0.15, -0.1) is 0 Å². The number of nitro groups is 1. The van der Waals surface area contributed by atoms with Crippen molar-refractivity contribution in [3.05, 3.63) is 100 Å². The number of carbonyl (C=O) groups is 1. The van der Waals surface area contributed by atoms with Gasteiger partial charge in [-0.2, -0.15) is 0 Å². The van der Waals surface area contributed by atoms with Crippen molar-refractivity contribution in [1.29, 1.82) is 0 Å². The Morgan fingerprint density at radius 2 is 1.54 bits per heavy atom. The molecule has 2 N–H and O–H groups in total. The number of nitrogens with zero attached hydrogens (tertiary/aromatic N) is 1. The highest BCUT2D eigenvalue weighted by Gasteiger charge is 2.24. The minimum Gasteiger partial charge on any atom is -0.384 e. The summed E-state index contributed by atoms with van der Waals surface area (Å²) in [7, 11) is 0. The maximum atomic E-state index is 12.3. The lowest BCUT2D eigenvalue weighted by Crippen LogP contribution is -2.38. The second-order valence-electron chi connectivity index (χ2n) is 6.70. The molecule has 0 saturated carbocycles. The van der Waals surface area contributed by atoms with E-state index in [1.54, 1.807) is 6.92 Å². The van der Waals surface area contributed by atoms with E-state index in [-0.39, 0.29) is 12.2 Å². The second kappa shape index (κ2) is 8.02. The van der Waals surface area contributed by atoms with E-state index in [1.807, 2.05) is 54.6 Å². The van der Waals surface area contributed by atoms with Gasteiger partial charge < -0.3 is 10.4 Å². The average molecular weight is 376 g/mol. The fourth-order valence-electron chi connectivity index (χ4n) is 2.84. The zero-order valence-corrected chi connectivity index (χ0v) is 15.3. The van der Waals surface area contributed by atoms with Crippen LogP contribution in [0.25, 0.3) is 11.1 Å². The smallest absolute Gasteiger partial charge is 0.269 e. The van der Waals surface area contributed by atoms with E-state index in [1.165, 1.54) is 24.3 Å². The normalized spacial score (nSPS) is 12.8. The first kappa shape index (κ1) is 19.3. The zero-order chi connectivity index (χ0) is 20.1. The van der Waals surface area contributed by atoms with E-state index in [0.717, 1.165) is 11.1 Å². The third-order valence-corrected chi connectivity index (χ3v) is 4.55. The van der Waals surface area contributed by atoms with Crippen LogP contribution in [0.15, 0.2) is 78.9 Å². The van der Waals surface area contributed by atoms with Gasteiger partial charge in [0.15, 0.2) is 0 Å². The molecule has 0 aliphatic rings. The lowest BCUT2D eigenvalue weighted by molar-refractivity contribution is -0.384. The van der Waals surface area contributed by atoms with Crippen LogP contribution in [0.2, 0.25) is 0 Å². The van der Waals surface area contributed by atoms with Crippen molar-refractivity contribution in [2.24, 2.45) is 0 Å². The summed E-state index contributed by atoms with van der Waals surface area (Å²) in [5.41, 5.74) is 1.75. The molecule has 3 aromatic carbocycles. The number of carbonyl (C=O) groups excluding carboxylic acids is 1. The Hall–Kier alpha value is -3.51. The molecule has 1 amide bonds. The lowest BCUT2D eigenvalue weighted by Gasteiger charge is -2.24. The number of nitro benzene ring substituents is 1. The minimum atomic E-state index is -1.26. The van der Waals surface area contributed by atoms with Gasteiger partial charge in [0.1, 0.15) is 5.60 Å². The first-order valence-electron chi connectivity index (χ1n) is 8.78. The third-order valence-electron chi connectivity index (χ3n) is 4.55. The molecule has 0 spiro atoms. The van der Waals surface area contributed by atoms with Gasteiger partial charge in [0.2, 0.25) is 0 Å². The molecule has 0 saturated heterocycles. The van der Waals surface area contributed by atoms with Crippen LogP contribution >= 0.6 is 0 Å². The Balaban J connectivity index is 1.66. The number of amides is 1. The van der Waals surface area contributed by atoms with Crippen molar-refractivity contribution >= 4 is 11.6 Å². The van der Waals surface area contributed by atoms with Crippen LogP contribution in [-0.4, -0.2) is 22.5 Å². The van der Waals surface area contributed by atoms with Crippen molar-refractivity contribution in [2.75, 3.05) is 6.54 Å². The van der Waals surface area contributed by atoms with E-state index >= 15 is 0 Å². The van der Waals surface area contributed by atoms with E-state index in [0.29, 0.717) is 11.1 Å². The van der Waals surface area contributed by atoms with Gasteiger partial charge in [-0.05, 0) is 35.7 Å². The molecule has 0 aliphatic heterocycles. The molecule has 1 unspecified atom stereocenters. The van der Waals surface area contributed by atoms with E-state index < -0.39 is 16.4 Å². The molecule has 0 heterocycles. The summed E-state index contributed by atoms with van der Waals surface area (Å²) >= 11 is 0. The van der Waals surface area contributed by atoms with Gasteiger partial charge in [0, 0.05) is 17.7 Å². The zero-order valence-electron chi connectivity index (χ0n) is 15.3. The predicted octanol–water partition coefficient (Wildman–Crippen LogP) is 3.90. The number of aliphatic hydroxyl groups is 1. The van der Waals surface area contributed by atoms with Crippen LogP contribution in [-0.2, 0) is 5.60 Å². The summed E-state index contributed by atoms with van der Waals surface area (Å²) in [4.78, 5) is 22.4. The molecule has 1 atom stereocenters. The largest absolute Gasteiger partial charge is 0.384 e. The SMILES string of the molecule is CC(O)(CNC(=O)c1ccc([N+](=O)[O-])cc1)c1ccc(-c2ccccc2)cc1. The van der Waals surface area contributed by atoms with Gasteiger partial charge in [-0.1, -0.05) is 54.6 Å². The van der Waals surface area contributed by atoms with Gasteiger partial charge in [-0.25, -0.2) is 0 Å². The lowest BCUT2D eigenvalue weighted by atomic mass is 9.93. The number of benzene rings is 3. The number of nitrogens with one attached hydrogen (secondary N) is 1. The maximum Gasteiger partial charge on any atom is 0.269 e. The highest BCUT2D eigenvalue weighted by atomic mass is 16.6. The summed E-state index contributed by atoms with van der Waals surface area (Å²) in [5, 5.41) is 24.1. The molecule has 0 radical (unpaired) electrons. The Kier molecular flexibility index (Phi) is 5.52. The third kappa shape index (κ3) is 4.42. The van der Waals surface area contributed by atoms with Crippen molar-refractivity contribution in [1.82, 2.24) is 5.32 Å². The summed E-state index contributed by atoms with van der Waals surface area (Å²) in [6.45, 7) is 1.63. The van der Waals surface area contributed by atoms with Gasteiger partial charge in [0.25, 0.3) is 11.6 Å². The summed E-state index contributed by atoms with van der Waals surface area (Å²) in [5.74, 6) is -0.406. The van der Waals surface area contributed by atoms with Crippen molar-refractivity contribution < 1.29 is 14.8 Å². The van der Waals surface area contributed by atoms with Crippen molar-refractivity contribution in [3.63, 3.8) is 0 Å². The molecule has 3 rings (SSSR count). The van der Waals surface area contributed by atoms with Gasteiger partial charge >= 0.3 is 0 Å². The molecule has 0 aliphatic carbocycles. The Bertz CT molecular complexity index is 966. The van der Waals surface area contributed by atoms with E-state index in [9.17, 15) is 20.0 Å². The van der Waals surface area contributed by atoms with Crippen LogP contribution in [0.3, 0.4) is 0 Å². The van der Waals surface area contributed by atoms with Crippen LogP contribution < -0.4 is 5.32 Å². The summed E-state index contributed by atoms with van der Waals surface area (Å²) < 4.78 is 0. The molecule has 0 bridgehead atoms. The van der Waals surface area contributed by atoms with E-state index in [2.05, 4.69) is 5.32 Å². The van der Waals surface area contributed by atoms with Gasteiger partial charge in [-0.3, -0.25) is 14.9 Å².